The van der Waals surface area contributed by atoms with Crippen molar-refractivity contribution in [1.82, 2.24) is 10.2 Å². The van der Waals surface area contributed by atoms with E-state index < -0.39 is 11.8 Å². The highest BCUT2D eigenvalue weighted by Gasteiger charge is 2.32. The third-order valence-corrected chi connectivity index (χ3v) is 2.06. The summed E-state index contributed by atoms with van der Waals surface area (Å²) in [5.74, 6) is -0.764. The van der Waals surface area contributed by atoms with Gasteiger partial charge in [0.25, 0.3) is 11.8 Å². The molecular formula is C9H6N4O2. The van der Waals surface area contributed by atoms with Crippen molar-refractivity contribution in [2.24, 2.45) is 0 Å². The van der Waals surface area contributed by atoms with Crippen LogP contribution < -0.4 is 4.90 Å². The van der Waals surface area contributed by atoms with Crippen LogP contribution in [0.25, 0.3) is 0 Å². The van der Waals surface area contributed by atoms with Crippen LogP contribution in [0.2, 0.25) is 0 Å². The molecule has 1 aliphatic heterocycles. The van der Waals surface area contributed by atoms with Crippen molar-refractivity contribution in [2.75, 3.05) is 4.90 Å². The molecule has 0 atom stereocenters. The second-order valence-corrected chi connectivity index (χ2v) is 3.05. The lowest BCUT2D eigenvalue weighted by Crippen LogP contribution is -2.31. The third kappa shape index (κ3) is 1.21. The maximum atomic E-state index is 11.6. The minimum Gasteiger partial charge on any atom is -0.269 e. The first-order valence-corrected chi connectivity index (χ1v) is 4.15. The number of nitriles is 1. The Morgan fingerprint density at radius 1 is 1.53 bits per heavy atom. The van der Waals surface area contributed by atoms with Crippen molar-refractivity contribution >= 4 is 17.6 Å². The predicted molar refractivity (Wildman–Crippen MR) is 49.6 cm³/mol. The first kappa shape index (κ1) is 9.15. The summed E-state index contributed by atoms with van der Waals surface area (Å²) in [6.07, 6.45) is 2.49. The molecule has 0 saturated carbocycles. The van der Waals surface area contributed by atoms with E-state index in [4.69, 9.17) is 5.26 Å². The highest BCUT2D eigenvalue weighted by atomic mass is 16.2. The molecule has 0 bridgehead atoms. The molecule has 0 spiro atoms. The van der Waals surface area contributed by atoms with E-state index in [0.29, 0.717) is 5.57 Å². The number of amides is 2. The molecule has 2 heterocycles. The number of nitrogens with one attached hydrogen (secondary N) is 1. The smallest absolute Gasteiger partial charge is 0.262 e. The van der Waals surface area contributed by atoms with E-state index in [0.717, 1.165) is 4.90 Å². The van der Waals surface area contributed by atoms with Crippen LogP contribution >= 0.6 is 0 Å². The molecule has 1 aromatic heterocycles. The van der Waals surface area contributed by atoms with Gasteiger partial charge in [-0.25, -0.2) is 4.90 Å². The standard InChI is InChI=1S/C9H6N4O2/c1-5-2-7(14)13(9(5)15)8-6(3-10)4-11-12-8/h2,4H,1H3,(H,11,12). The van der Waals surface area contributed by atoms with E-state index in [9.17, 15) is 9.59 Å². The SMILES string of the molecule is CC1=CC(=O)N(c2[nH]ncc2C#N)C1=O. The van der Waals surface area contributed by atoms with E-state index in [1.165, 1.54) is 12.3 Å². The maximum absolute atomic E-state index is 11.6. The van der Waals surface area contributed by atoms with Crippen molar-refractivity contribution < 1.29 is 9.59 Å². The van der Waals surface area contributed by atoms with Gasteiger partial charge in [-0.1, -0.05) is 0 Å². The molecule has 0 unspecified atom stereocenters. The van der Waals surface area contributed by atoms with Gasteiger partial charge in [-0.15, -0.1) is 0 Å². The van der Waals surface area contributed by atoms with Gasteiger partial charge in [0.15, 0.2) is 5.82 Å². The number of anilines is 1. The molecule has 15 heavy (non-hydrogen) atoms. The molecular weight excluding hydrogens is 196 g/mol. The van der Waals surface area contributed by atoms with Crippen molar-refractivity contribution in [2.45, 2.75) is 6.92 Å². The van der Waals surface area contributed by atoms with Crippen LogP contribution in [0.15, 0.2) is 17.8 Å². The zero-order valence-corrected chi connectivity index (χ0v) is 7.81. The summed E-state index contributed by atoms with van der Waals surface area (Å²) < 4.78 is 0. The molecule has 1 aliphatic rings. The fraction of sp³-hybridized carbons (Fsp3) is 0.111. The van der Waals surface area contributed by atoms with E-state index >= 15 is 0 Å². The number of aromatic amines is 1. The largest absolute Gasteiger partial charge is 0.269 e. The Morgan fingerprint density at radius 3 is 2.80 bits per heavy atom. The molecule has 1 N–H and O–H groups in total. The van der Waals surface area contributed by atoms with Crippen LogP contribution in [0.3, 0.4) is 0 Å². The van der Waals surface area contributed by atoms with E-state index in [-0.39, 0.29) is 11.4 Å². The van der Waals surface area contributed by atoms with Gasteiger partial charge >= 0.3 is 0 Å². The summed E-state index contributed by atoms with van der Waals surface area (Å²) in [7, 11) is 0. The summed E-state index contributed by atoms with van der Waals surface area (Å²) in [5.41, 5.74) is 0.512. The normalized spacial score (nSPS) is 15.5. The highest BCUT2D eigenvalue weighted by molar-refractivity contribution is 6.30. The Bertz CT molecular complexity index is 520. The average molecular weight is 202 g/mol. The third-order valence-electron chi connectivity index (χ3n) is 2.06. The summed E-state index contributed by atoms with van der Waals surface area (Å²) >= 11 is 0. The van der Waals surface area contributed by atoms with Crippen LogP contribution in [0.1, 0.15) is 12.5 Å². The fourth-order valence-corrected chi connectivity index (χ4v) is 1.33. The number of imide groups is 1. The zero-order chi connectivity index (χ0) is 11.0. The molecule has 1 aromatic rings. The maximum Gasteiger partial charge on any atom is 0.262 e. The Morgan fingerprint density at radius 2 is 2.27 bits per heavy atom. The summed E-state index contributed by atoms with van der Waals surface area (Å²) in [5, 5.41) is 14.8. The van der Waals surface area contributed by atoms with Crippen LogP contribution in [-0.4, -0.2) is 22.0 Å². The molecule has 0 aromatic carbocycles. The molecule has 0 radical (unpaired) electrons. The minimum absolute atomic E-state index is 0.126. The molecule has 2 rings (SSSR count). The highest BCUT2D eigenvalue weighted by Crippen LogP contribution is 2.22. The lowest BCUT2D eigenvalue weighted by molar-refractivity contribution is -0.120. The second-order valence-electron chi connectivity index (χ2n) is 3.05. The predicted octanol–water partition coefficient (Wildman–Crippen LogP) is 0.101. The quantitative estimate of drug-likeness (QED) is 0.654. The first-order valence-electron chi connectivity index (χ1n) is 4.15. The zero-order valence-electron chi connectivity index (χ0n) is 7.81. The topological polar surface area (TPSA) is 89.8 Å². The number of carbonyl (C=O) groups excluding carboxylic acids is 2. The van der Waals surface area contributed by atoms with Crippen LogP contribution in [-0.2, 0) is 9.59 Å². The van der Waals surface area contributed by atoms with Crippen LogP contribution in [0.5, 0.6) is 0 Å². The van der Waals surface area contributed by atoms with Crippen molar-refractivity contribution in [3.05, 3.63) is 23.4 Å². The van der Waals surface area contributed by atoms with Crippen molar-refractivity contribution in [3.8, 4) is 6.07 Å². The number of hydrogen-bond acceptors (Lipinski definition) is 4. The summed E-state index contributed by atoms with van der Waals surface area (Å²) in [4.78, 5) is 23.9. The number of aromatic nitrogens is 2. The van der Waals surface area contributed by atoms with E-state index in [1.54, 1.807) is 6.92 Å². The van der Waals surface area contributed by atoms with Crippen molar-refractivity contribution in [3.63, 3.8) is 0 Å². The first-order chi connectivity index (χ1) is 7.15. The Hall–Kier alpha value is -2.42. The molecule has 0 aliphatic carbocycles. The van der Waals surface area contributed by atoms with Gasteiger partial charge < -0.3 is 0 Å². The molecule has 6 nitrogen and oxygen atoms in total. The van der Waals surface area contributed by atoms with Crippen LogP contribution in [0, 0.1) is 11.3 Å². The van der Waals surface area contributed by atoms with Gasteiger partial charge in [0.05, 0.1) is 6.20 Å². The number of H-pyrrole nitrogens is 1. The fourth-order valence-electron chi connectivity index (χ4n) is 1.33. The summed E-state index contributed by atoms with van der Waals surface area (Å²) in [6.45, 7) is 1.54. The molecule has 74 valence electrons. The van der Waals surface area contributed by atoms with E-state index in [1.807, 2.05) is 6.07 Å². The Kier molecular flexibility index (Phi) is 1.87. The minimum atomic E-state index is -0.460. The van der Waals surface area contributed by atoms with Gasteiger partial charge in [-0.05, 0) is 6.92 Å². The molecule has 2 amide bonds. The number of nitrogens with zero attached hydrogens (tertiary/aromatic N) is 3. The number of hydrogen-bond donors (Lipinski definition) is 1. The lowest BCUT2D eigenvalue weighted by Gasteiger charge is -2.11. The molecule has 0 fully saturated rings. The average Bonchev–Trinajstić information content (AvgIpc) is 2.73. The van der Waals surface area contributed by atoms with Gasteiger partial charge in [-0.2, -0.15) is 10.4 Å². The monoisotopic (exact) mass is 202 g/mol. The molecule has 0 saturated heterocycles. The van der Waals surface area contributed by atoms with Gasteiger partial charge in [0, 0.05) is 11.6 Å². The summed E-state index contributed by atoms with van der Waals surface area (Å²) in [6, 6.07) is 1.85. The second kappa shape index (κ2) is 3.06. The van der Waals surface area contributed by atoms with Crippen molar-refractivity contribution in [1.29, 1.82) is 5.26 Å². The lowest BCUT2D eigenvalue weighted by atomic mass is 10.3. The van der Waals surface area contributed by atoms with Gasteiger partial charge in [0.1, 0.15) is 11.6 Å². The number of carbonyl (C=O) groups is 2. The van der Waals surface area contributed by atoms with E-state index in [2.05, 4.69) is 10.2 Å². The van der Waals surface area contributed by atoms with Gasteiger partial charge in [0.2, 0.25) is 0 Å². The van der Waals surface area contributed by atoms with Crippen LogP contribution in [0.4, 0.5) is 5.82 Å². The Balaban J connectivity index is 2.47. The Labute approximate surface area is 84.8 Å². The van der Waals surface area contributed by atoms with Gasteiger partial charge in [-0.3, -0.25) is 14.7 Å². The molecule has 6 heteroatoms. The number of rotatable bonds is 1.